The third-order valence-electron chi connectivity index (χ3n) is 7.55. The van der Waals surface area contributed by atoms with Crippen LogP contribution in [0.2, 0.25) is 5.04 Å². The van der Waals surface area contributed by atoms with Gasteiger partial charge in [-0.15, -0.1) is 0 Å². The van der Waals surface area contributed by atoms with E-state index in [1.54, 1.807) is 9.47 Å². The largest absolute Gasteiger partial charge is 0.456 e. The smallest absolute Gasteiger partial charge is 0.303 e. The molecule has 2 aromatic carbocycles. The number of H-pyrrole nitrogens is 1. The molecule has 232 valence electrons. The summed E-state index contributed by atoms with van der Waals surface area (Å²) < 4.78 is 21.1. The van der Waals surface area contributed by atoms with Crippen molar-refractivity contribution in [1.29, 1.82) is 0 Å². The van der Waals surface area contributed by atoms with E-state index < -0.39 is 43.1 Å². The first kappa shape index (κ1) is 31.8. The summed E-state index contributed by atoms with van der Waals surface area (Å²) in [5, 5.41) is 2.05. The van der Waals surface area contributed by atoms with E-state index in [0.717, 1.165) is 10.4 Å². The maximum atomic E-state index is 12.8. The van der Waals surface area contributed by atoms with E-state index in [-0.39, 0.29) is 28.8 Å². The minimum atomic E-state index is -2.87. The number of carbonyl (C=O) groups is 1. The molecule has 5 rings (SSSR count). The number of benzene rings is 2. The van der Waals surface area contributed by atoms with Crippen LogP contribution in [0.5, 0.6) is 0 Å². The number of imidazole rings is 1. The Labute approximate surface area is 265 Å². The van der Waals surface area contributed by atoms with Crippen LogP contribution < -0.4 is 15.9 Å². The van der Waals surface area contributed by atoms with E-state index in [2.05, 4.69) is 80.9 Å². The van der Waals surface area contributed by atoms with E-state index in [9.17, 15) is 9.59 Å². The van der Waals surface area contributed by atoms with Crippen LogP contribution in [-0.2, 0) is 18.7 Å². The number of halogens is 1. The van der Waals surface area contributed by atoms with Crippen LogP contribution in [0.4, 0.5) is 5.95 Å². The van der Waals surface area contributed by atoms with Crippen molar-refractivity contribution in [3.05, 3.63) is 77.3 Å². The van der Waals surface area contributed by atoms with Crippen molar-refractivity contribution in [2.24, 2.45) is 4.99 Å². The van der Waals surface area contributed by atoms with Gasteiger partial charge in [0, 0.05) is 21.0 Å². The van der Waals surface area contributed by atoms with E-state index >= 15 is 0 Å². The third kappa shape index (κ3) is 6.14. The second-order valence-electron chi connectivity index (χ2n) is 12.0. The Morgan fingerprint density at radius 3 is 2.30 bits per heavy atom. The van der Waals surface area contributed by atoms with E-state index in [0.29, 0.717) is 0 Å². The minimum Gasteiger partial charge on any atom is -0.456 e. The van der Waals surface area contributed by atoms with E-state index in [1.165, 1.54) is 19.6 Å². The number of aliphatic imine (C=N–C) groups is 1. The van der Waals surface area contributed by atoms with Gasteiger partial charge in [-0.25, -0.2) is 9.98 Å². The Morgan fingerprint density at radius 1 is 1.14 bits per heavy atom. The molecule has 1 aliphatic rings. The number of rotatable bonds is 9. The van der Waals surface area contributed by atoms with Gasteiger partial charge in [-0.1, -0.05) is 97.4 Å². The highest BCUT2D eigenvalue weighted by Gasteiger charge is 2.53. The van der Waals surface area contributed by atoms with Gasteiger partial charge in [0.1, 0.15) is 0 Å². The summed E-state index contributed by atoms with van der Waals surface area (Å²) in [5.41, 5.74) is -0.0594. The van der Waals surface area contributed by atoms with Gasteiger partial charge in [0.05, 0.1) is 30.2 Å². The second kappa shape index (κ2) is 12.8. The summed E-state index contributed by atoms with van der Waals surface area (Å²) in [6.07, 6.45) is 0.898. The second-order valence-corrected chi connectivity index (χ2v) is 17.3. The summed E-state index contributed by atoms with van der Waals surface area (Å²) in [5.74, 6) is -0.352. The number of nitrogens with zero attached hydrogens (tertiary/aromatic N) is 5. The molecule has 0 spiro atoms. The summed E-state index contributed by atoms with van der Waals surface area (Å²) in [6.45, 7) is 8.20. The predicted octanol–water partition coefficient (Wildman–Crippen LogP) is 3.51. The Kier molecular flexibility index (Phi) is 9.21. The molecule has 13 heteroatoms. The topological polar surface area (TPSA) is 124 Å². The van der Waals surface area contributed by atoms with Gasteiger partial charge in [0.25, 0.3) is 13.9 Å². The number of fused-ring (bicyclic) bond motifs is 1. The first-order valence-corrected chi connectivity index (χ1v) is 17.1. The molecule has 4 unspecified atom stereocenters. The molecular weight excluding hydrogens is 644 g/mol. The highest BCUT2D eigenvalue weighted by atomic mass is 79.9. The molecule has 0 aliphatic carbocycles. The van der Waals surface area contributed by atoms with Crippen LogP contribution in [0.25, 0.3) is 11.2 Å². The van der Waals surface area contributed by atoms with Gasteiger partial charge in [0.2, 0.25) is 5.95 Å². The molecule has 1 N–H and O–H groups in total. The molecule has 0 saturated carbocycles. The number of aromatic nitrogens is 4. The Morgan fingerprint density at radius 2 is 1.75 bits per heavy atom. The molecule has 0 amide bonds. The fraction of sp³-hybridized carbons (Fsp3) is 0.387. The SMILES string of the molecule is CC(=O)OC1C(Br)C(CO[Si](c2ccccc2)(c2ccccc2)C(C)(C)C)OC1n1cnc2c(=O)[nH]c(N=CN(C)C)nc21. The van der Waals surface area contributed by atoms with E-state index in [4.69, 9.17) is 13.9 Å². The standard InChI is InChI=1S/C31H37BrN6O5Si/c1-20(39)42-26-24(32)23(43-29(26)38-19-33-25-27(38)35-30(36-28(25)40)34-18-37(5)6)17-41-44(31(2,3)4,21-13-9-7-10-14-21)22-15-11-8-12-16-22/h7-16,18-19,23-24,26,29H,17H2,1-6H3,(H,35,36,40). The highest BCUT2D eigenvalue weighted by Crippen LogP contribution is 2.40. The number of carbonyl (C=O) groups excluding carboxylic acids is 1. The molecule has 1 aliphatic heterocycles. The van der Waals surface area contributed by atoms with Gasteiger partial charge in [-0.3, -0.25) is 19.1 Å². The normalized spacial score (nSPS) is 20.8. The first-order chi connectivity index (χ1) is 20.9. The lowest BCUT2D eigenvalue weighted by Gasteiger charge is -2.43. The predicted molar refractivity (Wildman–Crippen MR) is 176 cm³/mol. The third-order valence-corrected chi connectivity index (χ3v) is 13.7. The fourth-order valence-electron chi connectivity index (χ4n) is 5.67. The summed E-state index contributed by atoms with van der Waals surface area (Å²) in [6, 6.07) is 20.7. The quantitative estimate of drug-likeness (QED) is 0.0937. The molecule has 44 heavy (non-hydrogen) atoms. The summed E-state index contributed by atoms with van der Waals surface area (Å²) in [7, 11) is 0.751. The molecule has 3 heterocycles. The lowest BCUT2D eigenvalue weighted by atomic mass is 10.2. The van der Waals surface area contributed by atoms with Gasteiger partial charge < -0.3 is 18.8 Å². The van der Waals surface area contributed by atoms with Crippen LogP contribution in [-0.4, -0.2) is 82.8 Å². The lowest BCUT2D eigenvalue weighted by Crippen LogP contribution is -2.67. The van der Waals surface area contributed by atoms with Crippen LogP contribution in [0.3, 0.4) is 0 Å². The average Bonchev–Trinajstić information content (AvgIpc) is 3.53. The Bertz CT molecular complexity index is 1650. The number of alkyl halides is 1. The highest BCUT2D eigenvalue weighted by molar-refractivity contribution is 9.09. The zero-order chi connectivity index (χ0) is 31.6. The Balaban J connectivity index is 1.53. The van der Waals surface area contributed by atoms with Crippen molar-refractivity contribution >= 4 is 64.0 Å². The number of nitrogens with one attached hydrogen (secondary N) is 1. The molecular formula is C31H37BrN6O5Si. The average molecular weight is 682 g/mol. The summed E-state index contributed by atoms with van der Waals surface area (Å²) in [4.78, 5) is 42.1. The van der Waals surface area contributed by atoms with Crippen molar-refractivity contribution in [2.75, 3.05) is 20.7 Å². The van der Waals surface area contributed by atoms with Crippen LogP contribution in [0, 0.1) is 0 Å². The van der Waals surface area contributed by atoms with Crippen LogP contribution >= 0.6 is 15.9 Å². The molecule has 11 nitrogen and oxygen atoms in total. The number of aromatic amines is 1. The first-order valence-electron chi connectivity index (χ1n) is 14.3. The molecule has 4 aromatic rings. The van der Waals surface area contributed by atoms with Crippen molar-refractivity contribution in [3.63, 3.8) is 0 Å². The number of hydrogen-bond donors (Lipinski definition) is 1. The monoisotopic (exact) mass is 680 g/mol. The lowest BCUT2D eigenvalue weighted by molar-refractivity contribution is -0.152. The number of hydrogen-bond acceptors (Lipinski definition) is 8. The zero-order valence-corrected chi connectivity index (χ0v) is 28.2. The molecule has 0 bridgehead atoms. The molecule has 1 saturated heterocycles. The molecule has 4 atom stereocenters. The van der Waals surface area contributed by atoms with Gasteiger partial charge in [-0.2, -0.15) is 4.98 Å². The van der Waals surface area contributed by atoms with Crippen molar-refractivity contribution in [2.45, 2.75) is 56.0 Å². The van der Waals surface area contributed by atoms with Gasteiger partial charge >= 0.3 is 5.97 Å². The number of ether oxygens (including phenoxy) is 2. The maximum absolute atomic E-state index is 12.8. The van der Waals surface area contributed by atoms with Crippen molar-refractivity contribution in [1.82, 2.24) is 24.4 Å². The zero-order valence-electron chi connectivity index (χ0n) is 25.6. The Hall–Kier alpha value is -3.65. The fourth-order valence-corrected chi connectivity index (χ4v) is 10.9. The summed E-state index contributed by atoms with van der Waals surface area (Å²) >= 11 is 3.77. The minimum absolute atomic E-state index is 0.113. The van der Waals surface area contributed by atoms with Gasteiger partial charge in [-0.05, 0) is 15.4 Å². The molecule has 2 aromatic heterocycles. The van der Waals surface area contributed by atoms with Crippen molar-refractivity contribution in [3.8, 4) is 0 Å². The van der Waals surface area contributed by atoms with Crippen LogP contribution in [0.1, 0.15) is 33.9 Å². The maximum Gasteiger partial charge on any atom is 0.303 e. The number of esters is 1. The van der Waals surface area contributed by atoms with E-state index in [1.807, 2.05) is 50.5 Å². The molecule has 0 radical (unpaired) electrons. The van der Waals surface area contributed by atoms with Crippen LogP contribution in [0.15, 0.2) is 76.8 Å². The van der Waals surface area contributed by atoms with Gasteiger partial charge in [0.15, 0.2) is 23.5 Å². The van der Waals surface area contributed by atoms with Crippen molar-refractivity contribution < 1.29 is 18.7 Å². The molecule has 1 fully saturated rings.